The fourth-order valence-corrected chi connectivity index (χ4v) is 1.04. The lowest BCUT2D eigenvalue weighted by atomic mass is 10.2. The highest BCUT2D eigenvalue weighted by atomic mass is 16.6. The van der Waals surface area contributed by atoms with E-state index in [-0.39, 0.29) is 12.3 Å². The summed E-state index contributed by atoms with van der Waals surface area (Å²) in [6.07, 6.45) is -0.851. The van der Waals surface area contributed by atoms with Crippen LogP contribution in [0.5, 0.6) is 0 Å². The molecule has 0 spiro atoms. The van der Waals surface area contributed by atoms with Crippen LogP contribution in [0.2, 0.25) is 0 Å². The van der Waals surface area contributed by atoms with Crippen molar-refractivity contribution in [3.05, 3.63) is 39.9 Å². The third kappa shape index (κ3) is 4.29. The minimum absolute atomic E-state index is 0.0399. The Kier molecular flexibility index (Phi) is 4.15. The molecule has 0 radical (unpaired) electrons. The van der Waals surface area contributed by atoms with Gasteiger partial charge in [0.1, 0.15) is 6.61 Å². The molecule has 1 aromatic carbocycles. The molecule has 0 unspecified atom stereocenters. The molecule has 1 N–H and O–H groups in total. The number of alkyl carbamates (subject to hydrolysis) is 1. The molecule has 0 saturated carbocycles. The van der Waals surface area contributed by atoms with E-state index < -0.39 is 16.9 Å². The Labute approximate surface area is 96.5 Å². The van der Waals surface area contributed by atoms with Crippen LogP contribution in [-0.2, 0) is 16.1 Å². The Morgan fingerprint density at radius 2 is 1.94 bits per heavy atom. The summed E-state index contributed by atoms with van der Waals surface area (Å²) < 4.78 is 4.70. The number of nitro groups is 1. The summed E-state index contributed by atoms with van der Waals surface area (Å²) in [6.45, 7) is 1.13. The van der Waals surface area contributed by atoms with Gasteiger partial charge in [-0.05, 0) is 17.7 Å². The van der Waals surface area contributed by atoms with E-state index in [2.05, 4.69) is 0 Å². The number of benzene rings is 1. The highest BCUT2D eigenvalue weighted by Crippen LogP contribution is 2.12. The number of nitro benzene ring substituents is 1. The van der Waals surface area contributed by atoms with Crippen LogP contribution in [0.4, 0.5) is 10.5 Å². The summed E-state index contributed by atoms with van der Waals surface area (Å²) in [5, 5.41) is 12.3. The fraction of sp³-hybridized carbons (Fsp3) is 0.200. The predicted molar refractivity (Wildman–Crippen MR) is 57.1 cm³/mol. The van der Waals surface area contributed by atoms with Gasteiger partial charge in [0.15, 0.2) is 0 Å². The van der Waals surface area contributed by atoms with E-state index in [1.165, 1.54) is 31.2 Å². The molecule has 0 aliphatic rings. The Morgan fingerprint density at radius 1 is 1.35 bits per heavy atom. The van der Waals surface area contributed by atoms with Crippen LogP contribution in [0.3, 0.4) is 0 Å². The summed E-state index contributed by atoms with van der Waals surface area (Å²) >= 11 is 0. The molecule has 0 bridgehead atoms. The van der Waals surface area contributed by atoms with Crippen molar-refractivity contribution in [3.63, 3.8) is 0 Å². The Bertz CT molecular complexity index is 441. The number of nitrogens with one attached hydrogen (secondary N) is 1. The second-order valence-corrected chi connectivity index (χ2v) is 3.18. The Balaban J connectivity index is 2.50. The zero-order valence-electron chi connectivity index (χ0n) is 9.00. The molecule has 17 heavy (non-hydrogen) atoms. The first-order valence-corrected chi connectivity index (χ1v) is 4.66. The van der Waals surface area contributed by atoms with Crippen molar-refractivity contribution >= 4 is 17.7 Å². The normalized spacial score (nSPS) is 9.47. The average molecular weight is 238 g/mol. The molecule has 1 rings (SSSR count). The van der Waals surface area contributed by atoms with E-state index in [1.807, 2.05) is 5.32 Å². The number of ether oxygens (including phenoxy) is 1. The van der Waals surface area contributed by atoms with Gasteiger partial charge in [-0.2, -0.15) is 0 Å². The smallest absolute Gasteiger partial charge is 0.414 e. The molecule has 90 valence electrons. The van der Waals surface area contributed by atoms with Gasteiger partial charge in [0.05, 0.1) is 4.92 Å². The summed E-state index contributed by atoms with van der Waals surface area (Å²) in [7, 11) is 0. The van der Waals surface area contributed by atoms with E-state index >= 15 is 0 Å². The number of carbonyl (C=O) groups excluding carboxylic acids is 2. The number of nitrogens with zero attached hydrogens (tertiary/aromatic N) is 1. The summed E-state index contributed by atoms with van der Waals surface area (Å²) in [5.74, 6) is -0.515. The van der Waals surface area contributed by atoms with E-state index in [0.717, 1.165) is 0 Å². The summed E-state index contributed by atoms with van der Waals surface area (Å²) in [4.78, 5) is 31.3. The van der Waals surface area contributed by atoms with Crippen LogP contribution < -0.4 is 5.32 Å². The van der Waals surface area contributed by atoms with Crippen molar-refractivity contribution in [2.75, 3.05) is 0 Å². The lowest BCUT2D eigenvalue weighted by Gasteiger charge is -2.04. The average Bonchev–Trinajstić information content (AvgIpc) is 2.26. The van der Waals surface area contributed by atoms with E-state index in [1.54, 1.807) is 0 Å². The van der Waals surface area contributed by atoms with Crippen molar-refractivity contribution in [2.45, 2.75) is 13.5 Å². The molecular formula is C10H10N2O5. The number of hydrogen-bond donors (Lipinski definition) is 1. The molecule has 0 fully saturated rings. The van der Waals surface area contributed by atoms with Crippen LogP contribution in [0.25, 0.3) is 0 Å². The van der Waals surface area contributed by atoms with Crippen LogP contribution in [-0.4, -0.2) is 16.9 Å². The van der Waals surface area contributed by atoms with Crippen molar-refractivity contribution in [1.29, 1.82) is 0 Å². The monoisotopic (exact) mass is 238 g/mol. The Hall–Kier alpha value is -2.44. The predicted octanol–water partition coefficient (Wildman–Crippen LogP) is 1.37. The maximum absolute atomic E-state index is 10.9. The Morgan fingerprint density at radius 3 is 2.41 bits per heavy atom. The largest absolute Gasteiger partial charge is 0.444 e. The standard InChI is InChI=1S/C10H10N2O5/c1-7(13)11-10(14)17-6-8-2-4-9(5-3-8)12(15)16/h2-5H,6H2,1H3,(H,11,13,14). The maximum Gasteiger partial charge on any atom is 0.414 e. The SMILES string of the molecule is CC(=O)NC(=O)OCc1ccc([N+](=O)[O-])cc1. The number of amides is 2. The second kappa shape index (κ2) is 5.59. The van der Waals surface area contributed by atoms with Crippen molar-refractivity contribution < 1.29 is 19.2 Å². The van der Waals surface area contributed by atoms with E-state index in [9.17, 15) is 19.7 Å². The van der Waals surface area contributed by atoms with Crippen LogP contribution in [0.1, 0.15) is 12.5 Å². The highest BCUT2D eigenvalue weighted by Gasteiger charge is 2.06. The number of non-ortho nitro benzene ring substituents is 1. The minimum atomic E-state index is -0.851. The topological polar surface area (TPSA) is 98.5 Å². The maximum atomic E-state index is 10.9. The molecule has 0 heterocycles. The van der Waals surface area contributed by atoms with Gasteiger partial charge in [0.2, 0.25) is 5.91 Å². The molecule has 7 nitrogen and oxygen atoms in total. The quantitative estimate of drug-likeness (QED) is 0.633. The summed E-state index contributed by atoms with van der Waals surface area (Å²) in [6, 6.07) is 5.56. The zero-order valence-corrected chi connectivity index (χ0v) is 9.00. The minimum Gasteiger partial charge on any atom is -0.444 e. The number of carbonyl (C=O) groups is 2. The molecule has 0 saturated heterocycles. The van der Waals surface area contributed by atoms with Gasteiger partial charge in [-0.1, -0.05) is 0 Å². The van der Waals surface area contributed by atoms with Crippen molar-refractivity contribution in [3.8, 4) is 0 Å². The van der Waals surface area contributed by atoms with Crippen LogP contribution in [0.15, 0.2) is 24.3 Å². The second-order valence-electron chi connectivity index (χ2n) is 3.18. The molecule has 0 aliphatic heterocycles. The first-order valence-electron chi connectivity index (χ1n) is 4.66. The van der Waals surface area contributed by atoms with Crippen LogP contribution in [0, 0.1) is 10.1 Å². The van der Waals surface area contributed by atoms with Gasteiger partial charge in [-0.25, -0.2) is 4.79 Å². The van der Waals surface area contributed by atoms with Gasteiger partial charge in [-0.3, -0.25) is 20.2 Å². The molecular weight excluding hydrogens is 228 g/mol. The first kappa shape index (κ1) is 12.6. The lowest BCUT2D eigenvalue weighted by Crippen LogP contribution is -2.28. The molecule has 7 heteroatoms. The molecule has 2 amide bonds. The molecule has 1 aromatic rings. The van der Waals surface area contributed by atoms with Gasteiger partial charge in [0.25, 0.3) is 5.69 Å². The number of hydrogen-bond acceptors (Lipinski definition) is 5. The van der Waals surface area contributed by atoms with Crippen molar-refractivity contribution in [2.24, 2.45) is 0 Å². The number of rotatable bonds is 3. The van der Waals surface area contributed by atoms with Gasteiger partial charge in [0, 0.05) is 19.1 Å². The lowest BCUT2D eigenvalue weighted by molar-refractivity contribution is -0.384. The zero-order chi connectivity index (χ0) is 12.8. The van der Waals surface area contributed by atoms with Gasteiger partial charge >= 0.3 is 6.09 Å². The summed E-state index contributed by atoms with van der Waals surface area (Å²) in [5.41, 5.74) is 0.552. The third-order valence-corrected chi connectivity index (χ3v) is 1.80. The van der Waals surface area contributed by atoms with Gasteiger partial charge in [-0.15, -0.1) is 0 Å². The van der Waals surface area contributed by atoms with E-state index in [4.69, 9.17) is 4.74 Å². The molecule has 0 aliphatic carbocycles. The van der Waals surface area contributed by atoms with Crippen LogP contribution >= 0.6 is 0 Å². The molecule has 0 atom stereocenters. The highest BCUT2D eigenvalue weighted by molar-refractivity contribution is 5.90. The van der Waals surface area contributed by atoms with E-state index in [0.29, 0.717) is 5.56 Å². The first-order chi connectivity index (χ1) is 7.99. The van der Waals surface area contributed by atoms with Gasteiger partial charge < -0.3 is 4.74 Å². The molecule has 0 aromatic heterocycles. The number of imide groups is 1. The van der Waals surface area contributed by atoms with Crippen molar-refractivity contribution in [1.82, 2.24) is 5.32 Å². The third-order valence-electron chi connectivity index (χ3n) is 1.80. The fourth-order valence-electron chi connectivity index (χ4n) is 1.04.